The molecule has 3 rings (SSSR count). The van der Waals surface area contributed by atoms with Crippen LogP contribution >= 0.6 is 0 Å². The third kappa shape index (κ3) is 6.77. The highest BCUT2D eigenvalue weighted by atomic mass is 32.2. The van der Waals surface area contributed by atoms with E-state index >= 15 is 0 Å². The van der Waals surface area contributed by atoms with Crippen LogP contribution < -0.4 is 5.32 Å². The Morgan fingerprint density at radius 1 is 0.857 bits per heavy atom. The third-order valence-electron chi connectivity index (χ3n) is 5.80. The molecule has 184 valence electrons. The quantitative estimate of drug-likeness (QED) is 0.470. The summed E-state index contributed by atoms with van der Waals surface area (Å²) in [5, 5.41) is 2.66. The number of carbonyl (C=O) groups excluding carboxylic acids is 2. The van der Waals surface area contributed by atoms with Gasteiger partial charge in [0.2, 0.25) is 21.8 Å². The summed E-state index contributed by atoms with van der Waals surface area (Å²) in [5.41, 5.74) is 2.67. The average molecular weight is 494 g/mol. The summed E-state index contributed by atoms with van der Waals surface area (Å²) in [5.74, 6) is -0.779. The van der Waals surface area contributed by atoms with Crippen molar-refractivity contribution in [1.29, 1.82) is 0 Å². The Morgan fingerprint density at radius 2 is 1.40 bits per heavy atom. The summed E-state index contributed by atoms with van der Waals surface area (Å²) in [6.45, 7) is 1.64. The fourth-order valence-electron chi connectivity index (χ4n) is 3.76. The van der Waals surface area contributed by atoms with E-state index in [1.54, 1.807) is 12.1 Å². The fraction of sp³-hybridized carbons (Fsp3) is 0.259. The van der Waals surface area contributed by atoms with Crippen molar-refractivity contribution in [2.75, 3.05) is 20.6 Å². The molecule has 0 bridgehead atoms. The Kier molecular flexibility index (Phi) is 8.78. The first-order valence-corrected chi connectivity index (χ1v) is 12.8. The zero-order valence-electron chi connectivity index (χ0n) is 20.2. The van der Waals surface area contributed by atoms with Crippen molar-refractivity contribution in [2.24, 2.45) is 0 Å². The van der Waals surface area contributed by atoms with Gasteiger partial charge in [-0.05, 0) is 30.2 Å². The zero-order chi connectivity index (χ0) is 25.4. The Bertz CT molecular complexity index is 1230. The van der Waals surface area contributed by atoms with Crippen molar-refractivity contribution in [3.05, 3.63) is 102 Å². The van der Waals surface area contributed by atoms with Crippen molar-refractivity contribution < 1.29 is 18.0 Å². The van der Waals surface area contributed by atoms with E-state index in [1.807, 2.05) is 67.6 Å². The smallest absolute Gasteiger partial charge is 0.243 e. The number of carbonyl (C=O) groups is 2. The second-order valence-corrected chi connectivity index (χ2v) is 10.4. The lowest BCUT2D eigenvalue weighted by molar-refractivity contribution is -0.141. The van der Waals surface area contributed by atoms with Gasteiger partial charge in [-0.25, -0.2) is 8.42 Å². The Balaban J connectivity index is 1.91. The van der Waals surface area contributed by atoms with Gasteiger partial charge in [0.05, 0.1) is 11.4 Å². The van der Waals surface area contributed by atoms with Crippen molar-refractivity contribution >= 4 is 21.8 Å². The normalized spacial score (nSPS) is 12.2. The van der Waals surface area contributed by atoms with E-state index in [4.69, 9.17) is 0 Å². The molecule has 0 fully saturated rings. The number of benzene rings is 3. The molecule has 0 heterocycles. The Morgan fingerprint density at radius 3 is 1.94 bits per heavy atom. The molecule has 0 aromatic heterocycles. The van der Waals surface area contributed by atoms with Gasteiger partial charge in [-0.1, -0.05) is 78.4 Å². The molecule has 35 heavy (non-hydrogen) atoms. The highest BCUT2D eigenvalue weighted by molar-refractivity contribution is 7.89. The van der Waals surface area contributed by atoms with Crippen molar-refractivity contribution in [3.63, 3.8) is 0 Å². The van der Waals surface area contributed by atoms with Crippen molar-refractivity contribution in [2.45, 2.75) is 30.8 Å². The summed E-state index contributed by atoms with van der Waals surface area (Å²) in [6.07, 6.45) is 0.299. The molecule has 0 saturated carbocycles. The van der Waals surface area contributed by atoms with Crippen LogP contribution in [0.15, 0.2) is 89.8 Å². The molecular formula is C27H31N3O4S. The van der Waals surface area contributed by atoms with Crippen LogP contribution in [0.25, 0.3) is 0 Å². The zero-order valence-corrected chi connectivity index (χ0v) is 21.0. The highest BCUT2D eigenvalue weighted by Crippen LogP contribution is 2.18. The first-order chi connectivity index (χ1) is 16.7. The maximum Gasteiger partial charge on any atom is 0.243 e. The second-order valence-electron chi connectivity index (χ2n) is 8.40. The molecule has 3 aromatic rings. The summed E-state index contributed by atoms with van der Waals surface area (Å²) < 4.78 is 27.2. The predicted molar refractivity (Wildman–Crippen MR) is 136 cm³/mol. The number of nitrogens with one attached hydrogen (secondary N) is 1. The second kappa shape index (κ2) is 11.8. The summed E-state index contributed by atoms with van der Waals surface area (Å²) in [6, 6.07) is 24.4. The molecule has 0 radical (unpaired) electrons. The van der Waals surface area contributed by atoms with Crippen LogP contribution in [-0.2, 0) is 32.6 Å². The first-order valence-electron chi connectivity index (χ1n) is 11.3. The van der Waals surface area contributed by atoms with Crippen LogP contribution in [0, 0.1) is 6.92 Å². The van der Waals surface area contributed by atoms with E-state index < -0.39 is 28.5 Å². The molecule has 1 atom stereocenters. The lowest BCUT2D eigenvalue weighted by Gasteiger charge is -2.32. The molecule has 3 aromatic carbocycles. The summed E-state index contributed by atoms with van der Waals surface area (Å²) in [7, 11) is -0.980. The number of sulfonamides is 1. The van der Waals surface area contributed by atoms with E-state index in [0.29, 0.717) is 6.42 Å². The molecule has 0 aliphatic carbocycles. The van der Waals surface area contributed by atoms with Gasteiger partial charge < -0.3 is 10.2 Å². The van der Waals surface area contributed by atoms with Gasteiger partial charge in [-0.15, -0.1) is 0 Å². The number of likely N-dealkylation sites (N-methyl/N-ethyl adjacent to an activating group) is 2. The first kappa shape index (κ1) is 26.1. The van der Waals surface area contributed by atoms with Crippen molar-refractivity contribution in [3.8, 4) is 0 Å². The van der Waals surface area contributed by atoms with E-state index in [9.17, 15) is 18.0 Å². The minimum atomic E-state index is -3.88. The maximum absolute atomic E-state index is 13.6. The molecule has 7 nitrogen and oxygen atoms in total. The molecule has 2 amide bonds. The monoisotopic (exact) mass is 493 g/mol. The summed E-state index contributed by atoms with van der Waals surface area (Å²) in [4.78, 5) is 28.1. The standard InChI is InChI=1S/C27H31N3O4S/c1-21-14-16-24(17-15-21)35(33,34)29(3)20-26(31)30(19-23-12-8-5-9-13-23)25(27(32)28-2)18-22-10-6-4-7-11-22/h4-17,25H,18-20H2,1-3H3,(H,28,32). The SMILES string of the molecule is CNC(=O)C(Cc1ccccc1)N(Cc1ccccc1)C(=O)CN(C)S(=O)(=O)c1ccc(C)cc1. The predicted octanol–water partition coefficient (Wildman–Crippen LogP) is 3.00. The fourth-order valence-corrected chi connectivity index (χ4v) is 4.88. The largest absolute Gasteiger partial charge is 0.357 e. The van der Waals surface area contributed by atoms with E-state index in [2.05, 4.69) is 5.32 Å². The minimum absolute atomic E-state index is 0.111. The third-order valence-corrected chi connectivity index (χ3v) is 7.62. The van der Waals surface area contributed by atoms with Crippen LogP contribution in [0.4, 0.5) is 0 Å². The van der Waals surface area contributed by atoms with Gasteiger partial charge in [0.1, 0.15) is 6.04 Å². The van der Waals surface area contributed by atoms with Gasteiger partial charge in [-0.2, -0.15) is 4.31 Å². The molecule has 1 N–H and O–H groups in total. The number of rotatable bonds is 10. The lowest BCUT2D eigenvalue weighted by atomic mass is 10.0. The molecule has 0 saturated heterocycles. The highest BCUT2D eigenvalue weighted by Gasteiger charge is 2.32. The molecule has 0 aliphatic heterocycles. The van der Waals surface area contributed by atoms with Gasteiger partial charge in [0.25, 0.3) is 0 Å². The number of hydrogen-bond donors (Lipinski definition) is 1. The van der Waals surface area contributed by atoms with E-state index in [0.717, 1.165) is 21.0 Å². The molecular weight excluding hydrogens is 462 g/mol. The van der Waals surface area contributed by atoms with Crippen LogP contribution in [0.5, 0.6) is 0 Å². The van der Waals surface area contributed by atoms with Crippen molar-refractivity contribution in [1.82, 2.24) is 14.5 Å². The van der Waals surface area contributed by atoms with Crippen LogP contribution in [-0.4, -0.2) is 56.1 Å². The number of hydrogen-bond acceptors (Lipinski definition) is 4. The van der Waals surface area contributed by atoms with Gasteiger partial charge in [0.15, 0.2) is 0 Å². The summed E-state index contributed by atoms with van der Waals surface area (Å²) >= 11 is 0. The molecule has 1 unspecified atom stereocenters. The minimum Gasteiger partial charge on any atom is -0.357 e. The molecule has 0 spiro atoms. The van der Waals surface area contributed by atoms with Crippen LogP contribution in [0.1, 0.15) is 16.7 Å². The van der Waals surface area contributed by atoms with E-state index in [1.165, 1.54) is 31.1 Å². The van der Waals surface area contributed by atoms with Crippen LogP contribution in [0.3, 0.4) is 0 Å². The topological polar surface area (TPSA) is 86.8 Å². The van der Waals surface area contributed by atoms with Gasteiger partial charge >= 0.3 is 0 Å². The Hall–Kier alpha value is -3.49. The lowest BCUT2D eigenvalue weighted by Crippen LogP contribution is -2.52. The molecule has 8 heteroatoms. The number of nitrogens with zero attached hydrogens (tertiary/aromatic N) is 2. The molecule has 0 aliphatic rings. The average Bonchev–Trinajstić information content (AvgIpc) is 2.87. The maximum atomic E-state index is 13.6. The van der Waals surface area contributed by atoms with Crippen LogP contribution in [0.2, 0.25) is 0 Å². The van der Waals surface area contributed by atoms with Gasteiger partial charge in [0, 0.05) is 27.1 Å². The van der Waals surface area contributed by atoms with Gasteiger partial charge in [-0.3, -0.25) is 9.59 Å². The number of amides is 2. The number of aryl methyl sites for hydroxylation is 1. The van der Waals surface area contributed by atoms with E-state index in [-0.39, 0.29) is 17.3 Å². The Labute approximate surface area is 207 Å².